The van der Waals surface area contributed by atoms with Gasteiger partial charge in [0.2, 0.25) is 0 Å². The predicted molar refractivity (Wildman–Crippen MR) is 163 cm³/mol. The largest absolute Gasteiger partial charge is 0.484 e. The minimum Gasteiger partial charge on any atom is -0.484 e. The molecule has 0 saturated heterocycles. The number of carbonyl (C=O) groups is 2. The predicted octanol–water partition coefficient (Wildman–Crippen LogP) is 7.14. The van der Waals surface area contributed by atoms with Gasteiger partial charge in [-0.05, 0) is 63.2 Å². The molecular weight excluding hydrogens is 482 g/mol. The van der Waals surface area contributed by atoms with Crippen molar-refractivity contribution >= 4 is 23.6 Å². The first-order valence-corrected chi connectivity index (χ1v) is 13.8. The van der Waals surface area contributed by atoms with Crippen molar-refractivity contribution in [2.24, 2.45) is 5.84 Å². The molecule has 1 aliphatic carbocycles. The van der Waals surface area contributed by atoms with Gasteiger partial charge >= 0.3 is 0 Å². The van der Waals surface area contributed by atoms with Crippen LogP contribution in [0.15, 0.2) is 95.9 Å². The maximum Gasteiger partial charge on any atom is 0.290 e. The number of rotatable bonds is 11. The molecular formula is C30H49N3O3S. The van der Waals surface area contributed by atoms with Crippen LogP contribution in [-0.4, -0.2) is 36.2 Å². The SMILES string of the molecule is C=C/C(=C\C=C/C)NC(=O)C(=C)OCC1=CC=CCC1.C=C/C(C)=C(\SC)C(=O)N(N)CC.CC.CC. The van der Waals surface area contributed by atoms with Crippen LogP contribution in [0.5, 0.6) is 0 Å². The number of allylic oxidation sites excluding steroid dienone is 9. The fourth-order valence-corrected chi connectivity index (χ4v) is 3.06. The number of hydrogen-bond acceptors (Lipinski definition) is 5. The van der Waals surface area contributed by atoms with Gasteiger partial charge in [-0.1, -0.05) is 83.9 Å². The van der Waals surface area contributed by atoms with E-state index in [1.807, 2.05) is 79.0 Å². The van der Waals surface area contributed by atoms with E-state index in [1.54, 1.807) is 18.2 Å². The zero-order valence-corrected chi connectivity index (χ0v) is 25.0. The van der Waals surface area contributed by atoms with Crippen LogP contribution in [0, 0.1) is 0 Å². The van der Waals surface area contributed by atoms with Gasteiger partial charge in [-0.3, -0.25) is 14.6 Å². The van der Waals surface area contributed by atoms with E-state index in [2.05, 4.69) is 31.1 Å². The molecule has 0 aromatic heterocycles. The fourth-order valence-electron chi connectivity index (χ4n) is 2.36. The second-order valence-electron chi connectivity index (χ2n) is 6.82. The molecule has 0 atom stereocenters. The van der Waals surface area contributed by atoms with Crippen molar-refractivity contribution in [1.29, 1.82) is 0 Å². The molecule has 208 valence electrons. The smallest absolute Gasteiger partial charge is 0.290 e. The zero-order chi connectivity index (χ0) is 29.2. The Balaban J connectivity index is -0.000000589. The second-order valence-corrected chi connectivity index (χ2v) is 7.64. The molecule has 1 aliphatic rings. The highest BCUT2D eigenvalue weighted by Crippen LogP contribution is 2.19. The molecule has 0 aromatic rings. The molecule has 37 heavy (non-hydrogen) atoms. The Kier molecular flexibility index (Phi) is 27.1. The monoisotopic (exact) mass is 531 g/mol. The average molecular weight is 532 g/mol. The summed E-state index contributed by atoms with van der Waals surface area (Å²) in [7, 11) is 0. The summed E-state index contributed by atoms with van der Waals surface area (Å²) in [5, 5.41) is 3.88. The Bertz CT molecular complexity index is 865. The summed E-state index contributed by atoms with van der Waals surface area (Å²) in [4.78, 5) is 24.1. The molecule has 1 rings (SSSR count). The van der Waals surface area contributed by atoms with Crippen molar-refractivity contribution in [3.8, 4) is 0 Å². The van der Waals surface area contributed by atoms with Gasteiger partial charge in [-0.25, -0.2) is 5.84 Å². The first-order valence-electron chi connectivity index (χ1n) is 12.6. The molecule has 0 aliphatic heterocycles. The molecule has 2 amide bonds. The summed E-state index contributed by atoms with van der Waals surface area (Å²) < 4.78 is 5.40. The van der Waals surface area contributed by atoms with E-state index in [1.165, 1.54) is 16.8 Å². The standard InChI is InChI=1S/C17H21NO2.C9H16N2OS.2C2H6/c1-4-6-12-16(5-2)18-17(19)14(3)20-13-15-10-8-7-9-11-15;1-5-7(3)8(13-4)9(12)11(10)6-2;2*1-2/h4-8,10,12H,2-3,9,11,13H2,1H3,(H,18,19);5H,1,6,10H2,2-4H3;2*1-2H3/b6-4-,16-12+;8-7-;;. The maximum atomic E-state index is 11.9. The van der Waals surface area contributed by atoms with Crippen molar-refractivity contribution in [3.63, 3.8) is 0 Å². The topological polar surface area (TPSA) is 84.7 Å². The summed E-state index contributed by atoms with van der Waals surface area (Å²) >= 11 is 1.39. The first-order chi connectivity index (χ1) is 17.7. The Morgan fingerprint density at radius 2 is 1.84 bits per heavy atom. The number of hydrazine groups is 1. The first kappa shape index (κ1) is 38.5. The Morgan fingerprint density at radius 1 is 1.22 bits per heavy atom. The van der Waals surface area contributed by atoms with Gasteiger partial charge in [-0.15, -0.1) is 11.8 Å². The van der Waals surface area contributed by atoms with Crippen LogP contribution in [0.2, 0.25) is 0 Å². The molecule has 0 bridgehead atoms. The summed E-state index contributed by atoms with van der Waals surface area (Å²) in [5.41, 5.74) is 2.63. The number of amides is 2. The Morgan fingerprint density at radius 3 is 2.27 bits per heavy atom. The van der Waals surface area contributed by atoms with E-state index in [0.29, 0.717) is 23.8 Å². The number of nitrogens with one attached hydrogen (secondary N) is 1. The van der Waals surface area contributed by atoms with Crippen LogP contribution in [0.4, 0.5) is 0 Å². The van der Waals surface area contributed by atoms with Crippen molar-refractivity contribution < 1.29 is 14.3 Å². The second kappa shape index (κ2) is 26.0. The molecule has 0 aromatic carbocycles. The minimum atomic E-state index is -0.354. The number of ether oxygens (including phenoxy) is 1. The van der Waals surface area contributed by atoms with Gasteiger partial charge in [0, 0.05) is 12.2 Å². The van der Waals surface area contributed by atoms with Crippen LogP contribution >= 0.6 is 11.8 Å². The average Bonchev–Trinajstić information content (AvgIpc) is 2.96. The molecule has 0 spiro atoms. The van der Waals surface area contributed by atoms with Crippen LogP contribution in [0.3, 0.4) is 0 Å². The quantitative estimate of drug-likeness (QED) is 0.0739. The molecule has 0 saturated carbocycles. The fraction of sp³-hybridized carbons (Fsp3) is 0.400. The van der Waals surface area contributed by atoms with Crippen molar-refractivity contribution in [2.45, 2.75) is 61.3 Å². The summed E-state index contributed by atoms with van der Waals surface area (Å²) in [5.74, 6) is 5.09. The van der Waals surface area contributed by atoms with Crippen LogP contribution in [-0.2, 0) is 14.3 Å². The molecule has 0 unspecified atom stereocenters. The molecule has 6 nitrogen and oxygen atoms in total. The summed E-state index contributed by atoms with van der Waals surface area (Å²) in [6.07, 6.45) is 18.6. The number of nitrogens with zero attached hydrogens (tertiary/aromatic N) is 1. The van der Waals surface area contributed by atoms with Gasteiger partial charge < -0.3 is 10.1 Å². The summed E-state index contributed by atoms with van der Waals surface area (Å²) in [6.45, 7) is 25.4. The van der Waals surface area contributed by atoms with E-state index in [9.17, 15) is 9.59 Å². The normalized spacial score (nSPS) is 12.6. The molecule has 7 heteroatoms. The third-order valence-electron chi connectivity index (χ3n) is 4.40. The molecule has 0 heterocycles. The van der Waals surface area contributed by atoms with E-state index in [4.69, 9.17) is 10.6 Å². The lowest BCUT2D eigenvalue weighted by Crippen LogP contribution is -2.37. The van der Waals surface area contributed by atoms with Crippen molar-refractivity contribution in [1.82, 2.24) is 10.3 Å². The highest BCUT2D eigenvalue weighted by atomic mass is 32.2. The third-order valence-corrected chi connectivity index (χ3v) is 5.30. The van der Waals surface area contributed by atoms with Crippen LogP contribution < -0.4 is 11.2 Å². The lowest BCUT2D eigenvalue weighted by Gasteiger charge is -2.16. The molecule has 3 N–H and O–H groups in total. The van der Waals surface area contributed by atoms with Gasteiger partial charge in [0.1, 0.15) is 6.61 Å². The highest BCUT2D eigenvalue weighted by Gasteiger charge is 2.14. The molecule has 0 radical (unpaired) electrons. The van der Waals surface area contributed by atoms with E-state index in [-0.39, 0.29) is 17.6 Å². The Hall–Kier alpha value is -3.03. The number of carbonyl (C=O) groups excluding carboxylic acids is 2. The van der Waals surface area contributed by atoms with Gasteiger partial charge in [0.15, 0.2) is 5.76 Å². The minimum absolute atomic E-state index is 0.105. The van der Waals surface area contributed by atoms with Gasteiger partial charge in [0.05, 0.1) is 4.91 Å². The Labute approximate surface area is 230 Å². The molecule has 0 fully saturated rings. The highest BCUT2D eigenvalue weighted by molar-refractivity contribution is 8.03. The van der Waals surface area contributed by atoms with Crippen LogP contribution in [0.25, 0.3) is 0 Å². The van der Waals surface area contributed by atoms with Crippen molar-refractivity contribution in [2.75, 3.05) is 19.4 Å². The van der Waals surface area contributed by atoms with Crippen LogP contribution in [0.1, 0.15) is 61.3 Å². The van der Waals surface area contributed by atoms with Gasteiger partial charge in [-0.2, -0.15) is 0 Å². The maximum absolute atomic E-state index is 11.9. The number of nitrogens with two attached hydrogens (primary N) is 1. The van der Waals surface area contributed by atoms with E-state index < -0.39 is 0 Å². The lowest BCUT2D eigenvalue weighted by atomic mass is 10.1. The van der Waals surface area contributed by atoms with E-state index in [0.717, 1.165) is 24.0 Å². The number of thioether (sulfide) groups is 1. The zero-order valence-electron chi connectivity index (χ0n) is 24.2. The summed E-state index contributed by atoms with van der Waals surface area (Å²) in [6, 6.07) is 0. The number of hydrogen-bond donors (Lipinski definition) is 2. The number of likely N-dealkylation sites (N-methyl/N-ethyl adjacent to an activating group) is 1. The lowest BCUT2D eigenvalue weighted by molar-refractivity contribution is -0.126. The third kappa shape index (κ3) is 18.0. The van der Waals surface area contributed by atoms with E-state index >= 15 is 0 Å². The van der Waals surface area contributed by atoms with Gasteiger partial charge in [0.25, 0.3) is 11.8 Å². The van der Waals surface area contributed by atoms with Crippen molar-refractivity contribution in [3.05, 3.63) is 95.9 Å².